The molecule has 5 nitrogen and oxygen atoms in total. The standard InChI is InChI=1S/C15H26N4O/c1-15(2,3)12-9-17-13(20-12)10-18-14(16)19-11-7-5-4-6-8-11/h9,11H,4-8,10H2,1-3H3,(H3,16,18,19). The van der Waals surface area contributed by atoms with Crippen LogP contribution < -0.4 is 11.1 Å². The first kappa shape index (κ1) is 14.9. The summed E-state index contributed by atoms with van der Waals surface area (Å²) in [5, 5.41) is 3.28. The average Bonchev–Trinajstić information content (AvgIpc) is 2.86. The van der Waals surface area contributed by atoms with Crippen LogP contribution in [0, 0.1) is 0 Å². The van der Waals surface area contributed by atoms with E-state index >= 15 is 0 Å². The third-order valence-corrected chi connectivity index (χ3v) is 3.63. The Morgan fingerprint density at radius 1 is 1.40 bits per heavy atom. The van der Waals surface area contributed by atoms with Crippen LogP contribution in [0.3, 0.4) is 0 Å². The number of nitrogens with one attached hydrogen (secondary N) is 1. The molecule has 0 saturated heterocycles. The Morgan fingerprint density at radius 2 is 2.10 bits per heavy atom. The Morgan fingerprint density at radius 3 is 2.70 bits per heavy atom. The number of nitrogens with two attached hydrogens (primary N) is 1. The summed E-state index contributed by atoms with van der Waals surface area (Å²) in [5.74, 6) is 1.98. The van der Waals surface area contributed by atoms with Gasteiger partial charge in [-0.05, 0) is 12.8 Å². The lowest BCUT2D eigenvalue weighted by Gasteiger charge is -2.23. The quantitative estimate of drug-likeness (QED) is 0.658. The van der Waals surface area contributed by atoms with E-state index in [9.17, 15) is 0 Å². The van der Waals surface area contributed by atoms with Crippen molar-refractivity contribution in [3.63, 3.8) is 0 Å². The maximum Gasteiger partial charge on any atom is 0.216 e. The third kappa shape index (κ3) is 4.25. The van der Waals surface area contributed by atoms with Gasteiger partial charge in [-0.25, -0.2) is 9.98 Å². The molecule has 1 aliphatic carbocycles. The van der Waals surface area contributed by atoms with Gasteiger partial charge in [0.05, 0.1) is 6.20 Å². The van der Waals surface area contributed by atoms with Gasteiger partial charge in [0.2, 0.25) is 5.89 Å². The number of nitrogens with zero attached hydrogens (tertiary/aromatic N) is 2. The molecule has 0 amide bonds. The zero-order valence-corrected chi connectivity index (χ0v) is 12.8. The van der Waals surface area contributed by atoms with Crippen molar-refractivity contribution in [2.45, 2.75) is 70.9 Å². The second-order valence-electron chi connectivity index (χ2n) is 6.55. The van der Waals surface area contributed by atoms with Crippen LogP contribution in [0.25, 0.3) is 0 Å². The van der Waals surface area contributed by atoms with Gasteiger partial charge in [-0.15, -0.1) is 0 Å². The summed E-state index contributed by atoms with van der Waals surface area (Å²) in [6.45, 7) is 6.68. The van der Waals surface area contributed by atoms with E-state index in [1.54, 1.807) is 6.20 Å². The molecule has 1 saturated carbocycles. The van der Waals surface area contributed by atoms with Crippen LogP contribution in [0.5, 0.6) is 0 Å². The smallest absolute Gasteiger partial charge is 0.216 e. The van der Waals surface area contributed by atoms with Crippen LogP contribution >= 0.6 is 0 Å². The molecule has 3 N–H and O–H groups in total. The van der Waals surface area contributed by atoms with E-state index in [1.807, 2.05) is 0 Å². The van der Waals surface area contributed by atoms with Gasteiger partial charge in [0.25, 0.3) is 0 Å². The van der Waals surface area contributed by atoms with Gasteiger partial charge < -0.3 is 15.5 Å². The lowest BCUT2D eigenvalue weighted by atomic mass is 9.94. The molecule has 1 aromatic heterocycles. The Labute approximate surface area is 121 Å². The lowest BCUT2D eigenvalue weighted by molar-refractivity contribution is 0.383. The minimum absolute atomic E-state index is 0.0269. The molecule has 0 unspecified atom stereocenters. The molecule has 0 atom stereocenters. The second kappa shape index (κ2) is 6.29. The lowest BCUT2D eigenvalue weighted by Crippen LogP contribution is -2.41. The Bertz CT molecular complexity index is 453. The molecular formula is C15H26N4O. The number of hydrogen-bond acceptors (Lipinski definition) is 3. The molecule has 2 rings (SSSR count). The number of rotatable bonds is 3. The first-order chi connectivity index (χ1) is 9.45. The van der Waals surface area contributed by atoms with Crippen molar-refractivity contribution >= 4 is 5.96 Å². The maximum absolute atomic E-state index is 5.91. The van der Waals surface area contributed by atoms with Gasteiger partial charge in [0, 0.05) is 11.5 Å². The fourth-order valence-electron chi connectivity index (χ4n) is 2.38. The summed E-state index contributed by atoms with van der Waals surface area (Å²) >= 11 is 0. The third-order valence-electron chi connectivity index (χ3n) is 3.63. The van der Waals surface area contributed by atoms with Crippen LogP contribution in [0.1, 0.15) is 64.5 Å². The highest BCUT2D eigenvalue weighted by Crippen LogP contribution is 2.22. The SMILES string of the molecule is CC(C)(C)c1cnc(CN=C(N)NC2CCCCC2)o1. The van der Waals surface area contributed by atoms with Gasteiger partial charge in [-0.2, -0.15) is 0 Å². The van der Waals surface area contributed by atoms with Crippen molar-refractivity contribution < 1.29 is 4.42 Å². The molecule has 1 heterocycles. The van der Waals surface area contributed by atoms with Crippen LogP contribution in [0.15, 0.2) is 15.6 Å². The number of guanidine groups is 1. The van der Waals surface area contributed by atoms with Crippen LogP contribution in [-0.2, 0) is 12.0 Å². The Balaban J connectivity index is 1.86. The molecule has 0 radical (unpaired) electrons. The van der Waals surface area contributed by atoms with Crippen molar-refractivity contribution in [3.8, 4) is 0 Å². The van der Waals surface area contributed by atoms with E-state index in [2.05, 4.69) is 36.1 Å². The van der Waals surface area contributed by atoms with E-state index in [-0.39, 0.29) is 5.41 Å². The van der Waals surface area contributed by atoms with Crippen molar-refractivity contribution in [2.24, 2.45) is 10.7 Å². The normalized spacial score (nSPS) is 18.2. The molecule has 0 aromatic carbocycles. The van der Waals surface area contributed by atoms with Crippen molar-refractivity contribution in [1.29, 1.82) is 0 Å². The van der Waals surface area contributed by atoms with Crippen molar-refractivity contribution in [3.05, 3.63) is 17.8 Å². The van der Waals surface area contributed by atoms with Crippen LogP contribution in [-0.4, -0.2) is 17.0 Å². The second-order valence-corrected chi connectivity index (χ2v) is 6.55. The van der Waals surface area contributed by atoms with Gasteiger partial charge >= 0.3 is 0 Å². The monoisotopic (exact) mass is 278 g/mol. The zero-order valence-electron chi connectivity index (χ0n) is 12.8. The van der Waals surface area contributed by atoms with Gasteiger partial charge in [0.15, 0.2) is 5.96 Å². The first-order valence-electron chi connectivity index (χ1n) is 7.47. The predicted octanol–water partition coefficient (Wildman–Crippen LogP) is 2.71. The van der Waals surface area contributed by atoms with Gasteiger partial charge in [-0.1, -0.05) is 40.0 Å². The maximum atomic E-state index is 5.91. The van der Waals surface area contributed by atoms with Crippen molar-refractivity contribution in [1.82, 2.24) is 10.3 Å². The molecule has 5 heteroatoms. The summed E-state index contributed by atoms with van der Waals surface area (Å²) in [6.07, 6.45) is 8.03. The van der Waals surface area contributed by atoms with E-state index in [0.717, 1.165) is 5.76 Å². The fraction of sp³-hybridized carbons (Fsp3) is 0.733. The number of oxazole rings is 1. The van der Waals surface area contributed by atoms with E-state index < -0.39 is 0 Å². The largest absolute Gasteiger partial charge is 0.443 e. The number of hydrogen-bond donors (Lipinski definition) is 2. The minimum atomic E-state index is -0.0269. The van der Waals surface area contributed by atoms with Crippen molar-refractivity contribution in [2.75, 3.05) is 0 Å². The minimum Gasteiger partial charge on any atom is -0.443 e. The van der Waals surface area contributed by atoms with Crippen LogP contribution in [0.2, 0.25) is 0 Å². The fourth-order valence-corrected chi connectivity index (χ4v) is 2.38. The summed E-state index contributed by atoms with van der Waals surface area (Å²) in [4.78, 5) is 8.56. The highest BCUT2D eigenvalue weighted by Gasteiger charge is 2.19. The average molecular weight is 278 g/mol. The first-order valence-corrected chi connectivity index (χ1v) is 7.47. The molecule has 20 heavy (non-hydrogen) atoms. The summed E-state index contributed by atoms with van der Waals surface area (Å²) in [7, 11) is 0. The summed E-state index contributed by atoms with van der Waals surface area (Å²) in [5.41, 5.74) is 5.89. The van der Waals surface area contributed by atoms with Gasteiger partial charge in [0.1, 0.15) is 12.3 Å². The molecule has 0 bridgehead atoms. The molecule has 1 fully saturated rings. The Hall–Kier alpha value is -1.52. The topological polar surface area (TPSA) is 76.4 Å². The summed E-state index contributed by atoms with van der Waals surface area (Å²) in [6, 6.07) is 0.474. The highest BCUT2D eigenvalue weighted by atomic mass is 16.4. The molecule has 112 valence electrons. The highest BCUT2D eigenvalue weighted by molar-refractivity contribution is 5.78. The van der Waals surface area contributed by atoms with E-state index in [1.165, 1.54) is 32.1 Å². The molecule has 1 aliphatic rings. The van der Waals surface area contributed by atoms with Crippen LogP contribution in [0.4, 0.5) is 0 Å². The molecular weight excluding hydrogens is 252 g/mol. The molecule has 0 aliphatic heterocycles. The molecule has 0 spiro atoms. The summed E-state index contributed by atoms with van der Waals surface area (Å²) < 4.78 is 5.69. The number of aromatic nitrogens is 1. The molecule has 1 aromatic rings. The Kier molecular flexibility index (Phi) is 4.68. The zero-order chi connectivity index (χ0) is 14.6. The van der Waals surface area contributed by atoms with E-state index in [0.29, 0.717) is 24.4 Å². The predicted molar refractivity (Wildman–Crippen MR) is 80.5 cm³/mol. The van der Waals surface area contributed by atoms with E-state index in [4.69, 9.17) is 10.2 Å². The number of aliphatic imine (C=N–C) groups is 1. The van der Waals surface area contributed by atoms with Gasteiger partial charge in [-0.3, -0.25) is 0 Å².